The summed E-state index contributed by atoms with van der Waals surface area (Å²) in [7, 11) is 0. The number of rotatable bonds is 3. The fourth-order valence-corrected chi connectivity index (χ4v) is 1.64. The van der Waals surface area contributed by atoms with Crippen molar-refractivity contribution >= 4 is 5.95 Å². The topological polar surface area (TPSA) is 113 Å². The third-order valence-electron chi connectivity index (χ3n) is 2.66. The molecule has 0 saturated carbocycles. The Morgan fingerprint density at radius 2 is 1.85 bits per heavy atom. The first-order valence-corrected chi connectivity index (χ1v) is 6.06. The summed E-state index contributed by atoms with van der Waals surface area (Å²) in [5, 5.41) is 8.37. The highest BCUT2D eigenvalue weighted by Gasteiger charge is 2.11. The Kier molecular flexibility index (Phi) is 2.86. The van der Waals surface area contributed by atoms with Crippen LogP contribution >= 0.6 is 0 Å². The smallest absolute Gasteiger partial charge is 0.258 e. The van der Waals surface area contributed by atoms with Gasteiger partial charge in [-0.15, -0.1) is 0 Å². The number of nitrogens with two attached hydrogens (primary N) is 1. The van der Waals surface area contributed by atoms with Gasteiger partial charge in [0.2, 0.25) is 5.95 Å². The summed E-state index contributed by atoms with van der Waals surface area (Å²) >= 11 is 0. The summed E-state index contributed by atoms with van der Waals surface area (Å²) in [5.41, 5.74) is 6.65. The zero-order chi connectivity index (χ0) is 14.1. The number of nitrogen functional groups attached to an aromatic ring is 1. The van der Waals surface area contributed by atoms with Crippen molar-refractivity contribution in [3.63, 3.8) is 0 Å². The normalized spacial score (nSPS) is 11.2. The monoisotopic (exact) mass is 271 g/mol. The van der Waals surface area contributed by atoms with Crippen LogP contribution in [0.25, 0.3) is 11.9 Å². The van der Waals surface area contributed by atoms with Crippen LogP contribution in [-0.2, 0) is 0 Å². The maximum atomic E-state index is 5.70. The van der Waals surface area contributed by atoms with E-state index in [0.717, 1.165) is 5.69 Å². The number of anilines is 1. The molecular formula is C11H13N9. The third-order valence-corrected chi connectivity index (χ3v) is 2.66. The molecule has 102 valence electrons. The van der Waals surface area contributed by atoms with Crippen molar-refractivity contribution in [2.24, 2.45) is 0 Å². The minimum atomic E-state index is 0.0992. The molecule has 2 N–H and O–H groups in total. The Morgan fingerprint density at radius 3 is 2.45 bits per heavy atom. The minimum absolute atomic E-state index is 0.0992. The van der Waals surface area contributed by atoms with Gasteiger partial charge in [-0.3, -0.25) is 0 Å². The molecule has 0 radical (unpaired) electrons. The predicted octanol–water partition coefficient (Wildman–Crippen LogP) is 0.344. The van der Waals surface area contributed by atoms with Crippen LogP contribution < -0.4 is 5.73 Å². The predicted molar refractivity (Wildman–Crippen MR) is 70.4 cm³/mol. The van der Waals surface area contributed by atoms with Gasteiger partial charge in [-0.05, 0) is 12.0 Å². The molecule has 3 aromatic heterocycles. The van der Waals surface area contributed by atoms with Crippen molar-refractivity contribution in [3.8, 4) is 11.9 Å². The molecule has 0 bridgehead atoms. The molecule has 0 aromatic carbocycles. The van der Waals surface area contributed by atoms with E-state index >= 15 is 0 Å². The summed E-state index contributed by atoms with van der Waals surface area (Å²) in [6, 6.07) is 1.92. The Morgan fingerprint density at radius 1 is 1.10 bits per heavy atom. The Hall–Kier alpha value is -2.84. The molecule has 0 aliphatic heterocycles. The Bertz CT molecular complexity index is 713. The maximum absolute atomic E-state index is 5.70. The molecule has 0 fully saturated rings. The summed E-state index contributed by atoms with van der Waals surface area (Å²) in [6.45, 7) is 4.13. The highest BCUT2D eigenvalue weighted by atomic mass is 15.4. The van der Waals surface area contributed by atoms with Gasteiger partial charge in [0, 0.05) is 6.20 Å². The van der Waals surface area contributed by atoms with Crippen LogP contribution in [0.5, 0.6) is 0 Å². The summed E-state index contributed by atoms with van der Waals surface area (Å²) in [4.78, 5) is 16.2. The molecule has 3 aromatic rings. The summed E-state index contributed by atoms with van der Waals surface area (Å²) in [5.74, 6) is 1.06. The molecular weight excluding hydrogens is 258 g/mol. The second-order valence-electron chi connectivity index (χ2n) is 4.47. The first kappa shape index (κ1) is 12.2. The van der Waals surface area contributed by atoms with Crippen LogP contribution in [0.4, 0.5) is 5.95 Å². The molecule has 0 spiro atoms. The molecule has 0 saturated heterocycles. The van der Waals surface area contributed by atoms with Crippen LogP contribution in [0.3, 0.4) is 0 Å². The summed E-state index contributed by atoms with van der Waals surface area (Å²) < 4.78 is 2.97. The lowest BCUT2D eigenvalue weighted by molar-refractivity contribution is 0.720. The molecule has 9 nitrogen and oxygen atoms in total. The van der Waals surface area contributed by atoms with Crippen molar-refractivity contribution in [3.05, 3.63) is 30.6 Å². The van der Waals surface area contributed by atoms with E-state index in [9.17, 15) is 0 Å². The average Bonchev–Trinajstić information content (AvgIpc) is 3.10. The van der Waals surface area contributed by atoms with Gasteiger partial charge in [-0.2, -0.15) is 29.8 Å². The lowest BCUT2D eigenvalue weighted by Crippen LogP contribution is -2.12. The molecule has 0 atom stereocenters. The first-order chi connectivity index (χ1) is 9.63. The van der Waals surface area contributed by atoms with E-state index in [1.165, 1.54) is 17.3 Å². The molecule has 0 amide bonds. The molecule has 20 heavy (non-hydrogen) atoms. The van der Waals surface area contributed by atoms with Crippen molar-refractivity contribution in [2.75, 3.05) is 5.73 Å². The van der Waals surface area contributed by atoms with Gasteiger partial charge in [0.15, 0.2) is 0 Å². The van der Waals surface area contributed by atoms with Crippen molar-refractivity contribution in [1.82, 2.24) is 39.5 Å². The molecule has 0 unspecified atom stereocenters. The van der Waals surface area contributed by atoms with Gasteiger partial charge in [-0.25, -0.2) is 9.67 Å². The molecule has 3 heterocycles. The van der Waals surface area contributed by atoms with E-state index in [0.29, 0.717) is 17.8 Å². The van der Waals surface area contributed by atoms with E-state index in [1.54, 1.807) is 10.9 Å². The van der Waals surface area contributed by atoms with E-state index < -0.39 is 0 Å². The molecule has 0 aliphatic rings. The number of aromatic nitrogens is 8. The van der Waals surface area contributed by atoms with E-state index in [1.807, 2.05) is 6.07 Å². The molecule has 9 heteroatoms. The number of nitrogens with zero attached hydrogens (tertiary/aromatic N) is 8. The van der Waals surface area contributed by atoms with Gasteiger partial charge < -0.3 is 5.73 Å². The van der Waals surface area contributed by atoms with Gasteiger partial charge in [0.1, 0.15) is 12.7 Å². The quantitative estimate of drug-likeness (QED) is 0.730. The highest BCUT2D eigenvalue weighted by Crippen LogP contribution is 2.13. The maximum Gasteiger partial charge on any atom is 0.258 e. The Balaban J connectivity index is 2.05. The van der Waals surface area contributed by atoms with Gasteiger partial charge >= 0.3 is 0 Å². The highest BCUT2D eigenvalue weighted by molar-refractivity contribution is 5.28. The lowest BCUT2D eigenvalue weighted by atomic mass is 10.1. The second kappa shape index (κ2) is 4.68. The van der Waals surface area contributed by atoms with Crippen molar-refractivity contribution in [1.29, 1.82) is 0 Å². The molecule has 3 rings (SSSR count). The third kappa shape index (κ3) is 2.20. The van der Waals surface area contributed by atoms with Crippen molar-refractivity contribution in [2.45, 2.75) is 19.8 Å². The van der Waals surface area contributed by atoms with Gasteiger partial charge in [-0.1, -0.05) is 13.8 Å². The van der Waals surface area contributed by atoms with Crippen molar-refractivity contribution < 1.29 is 0 Å². The number of hydrogen-bond acceptors (Lipinski definition) is 7. The first-order valence-electron chi connectivity index (χ1n) is 6.06. The minimum Gasteiger partial charge on any atom is -0.368 e. The van der Waals surface area contributed by atoms with E-state index in [4.69, 9.17) is 5.73 Å². The van der Waals surface area contributed by atoms with E-state index in [-0.39, 0.29) is 5.95 Å². The Labute approximate surface area is 114 Å². The second-order valence-corrected chi connectivity index (χ2v) is 4.47. The van der Waals surface area contributed by atoms with Crippen LogP contribution in [0.1, 0.15) is 25.5 Å². The average molecular weight is 271 g/mol. The van der Waals surface area contributed by atoms with Crippen LogP contribution in [0.2, 0.25) is 0 Å². The zero-order valence-corrected chi connectivity index (χ0v) is 11.0. The largest absolute Gasteiger partial charge is 0.368 e. The van der Waals surface area contributed by atoms with Crippen LogP contribution in [0, 0.1) is 0 Å². The zero-order valence-electron chi connectivity index (χ0n) is 11.0. The van der Waals surface area contributed by atoms with Crippen LogP contribution in [0.15, 0.2) is 24.9 Å². The van der Waals surface area contributed by atoms with Crippen LogP contribution in [-0.4, -0.2) is 39.5 Å². The lowest BCUT2D eigenvalue weighted by Gasteiger charge is -2.04. The number of hydrogen-bond donors (Lipinski definition) is 1. The van der Waals surface area contributed by atoms with E-state index in [2.05, 4.69) is 44.0 Å². The summed E-state index contributed by atoms with van der Waals surface area (Å²) in [6.07, 6.45) is 4.67. The standard InChI is InChI=1S/C11H13N9/c1-7(2)8-3-4-19(18-8)10-15-9(12)16-11(17-10)20-6-13-5-14-20/h3-7H,1-2H3,(H2,12,15,16,17). The fraction of sp³-hybridized carbons (Fsp3) is 0.273. The fourth-order valence-electron chi connectivity index (χ4n) is 1.64. The van der Waals surface area contributed by atoms with Gasteiger partial charge in [0.25, 0.3) is 11.9 Å². The SMILES string of the molecule is CC(C)c1ccn(-c2nc(N)nc(-n3cncn3)n2)n1. The van der Waals surface area contributed by atoms with Gasteiger partial charge in [0.05, 0.1) is 5.69 Å². The molecule has 0 aliphatic carbocycles.